The summed E-state index contributed by atoms with van der Waals surface area (Å²) in [5.74, 6) is 1.31. The maximum absolute atomic E-state index is 5.79. The van der Waals surface area contributed by atoms with Crippen molar-refractivity contribution in [2.24, 2.45) is 0 Å². The normalized spacial score (nSPS) is 10.5. The fourth-order valence-electron chi connectivity index (χ4n) is 1.61. The van der Waals surface area contributed by atoms with Gasteiger partial charge in [-0.2, -0.15) is 0 Å². The lowest BCUT2D eigenvalue weighted by molar-refractivity contribution is 0.718. The van der Waals surface area contributed by atoms with Gasteiger partial charge >= 0.3 is 0 Å². The number of rotatable bonds is 6. The zero-order valence-electron chi connectivity index (χ0n) is 10.3. The molecule has 0 aromatic carbocycles. The van der Waals surface area contributed by atoms with Gasteiger partial charge in [-0.1, -0.05) is 13.8 Å². The summed E-state index contributed by atoms with van der Waals surface area (Å²) >= 11 is 5.79. The molecule has 90 valence electrons. The highest BCUT2D eigenvalue weighted by Gasteiger charge is 2.09. The Bertz CT molecular complexity index is 322. The monoisotopic (exact) mass is 241 g/mol. The standard InChI is InChI=1S/C12H20ClN3/c1-4-6-16(7-5-2)12-14-9-11(8-13)10(3)15-12/h9H,4-8H2,1-3H3. The van der Waals surface area contributed by atoms with E-state index in [0.717, 1.165) is 43.1 Å². The summed E-state index contributed by atoms with van der Waals surface area (Å²) in [5.41, 5.74) is 2.00. The van der Waals surface area contributed by atoms with Crippen LogP contribution in [0, 0.1) is 6.92 Å². The molecular weight excluding hydrogens is 222 g/mol. The number of anilines is 1. The topological polar surface area (TPSA) is 29.0 Å². The van der Waals surface area contributed by atoms with Crippen molar-refractivity contribution in [2.75, 3.05) is 18.0 Å². The summed E-state index contributed by atoms with van der Waals surface area (Å²) in [7, 11) is 0. The van der Waals surface area contributed by atoms with Gasteiger partial charge in [-0.25, -0.2) is 9.97 Å². The highest BCUT2D eigenvalue weighted by atomic mass is 35.5. The van der Waals surface area contributed by atoms with Crippen LogP contribution in [0.1, 0.15) is 37.9 Å². The van der Waals surface area contributed by atoms with E-state index in [1.165, 1.54) is 0 Å². The Kier molecular flexibility index (Phi) is 5.53. The first kappa shape index (κ1) is 13.2. The van der Waals surface area contributed by atoms with Gasteiger partial charge in [0.25, 0.3) is 0 Å². The Hall–Kier alpha value is -0.830. The number of alkyl halides is 1. The van der Waals surface area contributed by atoms with Gasteiger partial charge in [-0.05, 0) is 19.8 Å². The summed E-state index contributed by atoms with van der Waals surface area (Å²) < 4.78 is 0. The molecule has 0 aliphatic carbocycles. The lowest BCUT2D eigenvalue weighted by atomic mass is 10.3. The highest BCUT2D eigenvalue weighted by molar-refractivity contribution is 6.17. The first-order valence-electron chi connectivity index (χ1n) is 5.86. The molecule has 0 aliphatic rings. The summed E-state index contributed by atoms with van der Waals surface area (Å²) in [6.45, 7) is 8.34. The van der Waals surface area contributed by atoms with Gasteiger partial charge in [0.05, 0.1) is 5.88 Å². The van der Waals surface area contributed by atoms with Crippen LogP contribution in [0.5, 0.6) is 0 Å². The average molecular weight is 242 g/mol. The van der Waals surface area contributed by atoms with Crippen LogP contribution in [0.2, 0.25) is 0 Å². The van der Waals surface area contributed by atoms with Crippen molar-refractivity contribution < 1.29 is 0 Å². The van der Waals surface area contributed by atoms with Crippen molar-refractivity contribution >= 4 is 17.5 Å². The van der Waals surface area contributed by atoms with Crippen LogP contribution in [0.15, 0.2) is 6.20 Å². The van der Waals surface area contributed by atoms with E-state index in [4.69, 9.17) is 11.6 Å². The molecule has 3 nitrogen and oxygen atoms in total. The van der Waals surface area contributed by atoms with E-state index < -0.39 is 0 Å². The first-order valence-corrected chi connectivity index (χ1v) is 6.39. The predicted octanol–water partition coefficient (Wildman–Crippen LogP) is 3.15. The number of nitrogens with zero attached hydrogens (tertiary/aromatic N) is 3. The second kappa shape index (κ2) is 6.69. The lowest BCUT2D eigenvalue weighted by Crippen LogP contribution is -2.27. The number of aromatic nitrogens is 2. The summed E-state index contributed by atoms with van der Waals surface area (Å²) in [4.78, 5) is 11.1. The molecule has 0 spiro atoms. The predicted molar refractivity (Wildman–Crippen MR) is 69.1 cm³/mol. The van der Waals surface area contributed by atoms with Crippen LogP contribution < -0.4 is 4.90 Å². The Labute approximate surface area is 103 Å². The van der Waals surface area contributed by atoms with Gasteiger partial charge in [-0.3, -0.25) is 0 Å². The molecule has 0 amide bonds. The van der Waals surface area contributed by atoms with Gasteiger partial charge in [0.2, 0.25) is 5.95 Å². The minimum atomic E-state index is 0.480. The van der Waals surface area contributed by atoms with Crippen LogP contribution in [-0.2, 0) is 5.88 Å². The van der Waals surface area contributed by atoms with Crippen molar-refractivity contribution in [1.29, 1.82) is 0 Å². The molecule has 0 bridgehead atoms. The number of hydrogen-bond acceptors (Lipinski definition) is 3. The third-order valence-corrected chi connectivity index (χ3v) is 2.77. The fraction of sp³-hybridized carbons (Fsp3) is 0.667. The van der Waals surface area contributed by atoms with Gasteiger partial charge in [0, 0.05) is 30.5 Å². The third-order valence-electron chi connectivity index (χ3n) is 2.48. The molecule has 0 unspecified atom stereocenters. The zero-order valence-corrected chi connectivity index (χ0v) is 11.1. The SMILES string of the molecule is CCCN(CCC)c1ncc(CCl)c(C)n1. The minimum absolute atomic E-state index is 0.480. The Morgan fingerprint density at radius 2 is 1.88 bits per heavy atom. The van der Waals surface area contributed by atoms with Crippen LogP contribution in [0.3, 0.4) is 0 Å². The van der Waals surface area contributed by atoms with Crippen molar-refractivity contribution in [3.63, 3.8) is 0 Å². The molecule has 1 heterocycles. The van der Waals surface area contributed by atoms with Gasteiger partial charge in [-0.15, -0.1) is 11.6 Å². The van der Waals surface area contributed by atoms with E-state index in [2.05, 4.69) is 28.7 Å². The summed E-state index contributed by atoms with van der Waals surface area (Å²) in [5, 5.41) is 0. The van der Waals surface area contributed by atoms with E-state index in [0.29, 0.717) is 5.88 Å². The Morgan fingerprint density at radius 3 is 2.31 bits per heavy atom. The Balaban J connectivity index is 2.87. The molecule has 0 radical (unpaired) electrons. The van der Waals surface area contributed by atoms with Gasteiger partial charge in [0.1, 0.15) is 0 Å². The molecule has 0 fully saturated rings. The molecule has 0 saturated carbocycles. The van der Waals surface area contributed by atoms with Crippen molar-refractivity contribution in [3.05, 3.63) is 17.5 Å². The number of hydrogen-bond donors (Lipinski definition) is 0. The largest absolute Gasteiger partial charge is 0.341 e. The molecule has 0 aliphatic heterocycles. The van der Waals surface area contributed by atoms with E-state index >= 15 is 0 Å². The van der Waals surface area contributed by atoms with Crippen LogP contribution in [0.4, 0.5) is 5.95 Å². The van der Waals surface area contributed by atoms with Crippen LogP contribution in [-0.4, -0.2) is 23.1 Å². The van der Waals surface area contributed by atoms with E-state index in [-0.39, 0.29) is 0 Å². The first-order chi connectivity index (χ1) is 7.72. The number of halogens is 1. The number of aryl methyl sites for hydroxylation is 1. The van der Waals surface area contributed by atoms with Crippen LogP contribution in [0.25, 0.3) is 0 Å². The third kappa shape index (κ3) is 3.34. The molecule has 1 aromatic rings. The highest BCUT2D eigenvalue weighted by Crippen LogP contribution is 2.13. The van der Waals surface area contributed by atoms with E-state index in [1.807, 2.05) is 13.1 Å². The molecule has 0 atom stereocenters. The van der Waals surface area contributed by atoms with Gasteiger partial charge in [0.15, 0.2) is 0 Å². The zero-order chi connectivity index (χ0) is 12.0. The molecule has 1 rings (SSSR count). The molecular formula is C12H20ClN3. The van der Waals surface area contributed by atoms with Crippen molar-refractivity contribution in [3.8, 4) is 0 Å². The molecule has 0 N–H and O–H groups in total. The molecule has 16 heavy (non-hydrogen) atoms. The van der Waals surface area contributed by atoms with E-state index in [9.17, 15) is 0 Å². The summed E-state index contributed by atoms with van der Waals surface area (Å²) in [6, 6.07) is 0. The lowest BCUT2D eigenvalue weighted by Gasteiger charge is -2.21. The molecule has 4 heteroatoms. The van der Waals surface area contributed by atoms with Crippen LogP contribution >= 0.6 is 11.6 Å². The quantitative estimate of drug-likeness (QED) is 0.717. The maximum atomic E-state index is 5.79. The Morgan fingerprint density at radius 1 is 1.25 bits per heavy atom. The minimum Gasteiger partial charge on any atom is -0.341 e. The average Bonchev–Trinajstić information content (AvgIpc) is 2.28. The van der Waals surface area contributed by atoms with E-state index in [1.54, 1.807) is 0 Å². The second-order valence-corrected chi connectivity index (χ2v) is 4.17. The smallest absolute Gasteiger partial charge is 0.225 e. The van der Waals surface area contributed by atoms with Crippen molar-refractivity contribution in [1.82, 2.24) is 9.97 Å². The van der Waals surface area contributed by atoms with Gasteiger partial charge < -0.3 is 4.90 Å². The second-order valence-electron chi connectivity index (χ2n) is 3.90. The molecule has 0 saturated heterocycles. The molecule has 1 aromatic heterocycles. The maximum Gasteiger partial charge on any atom is 0.225 e. The fourth-order valence-corrected chi connectivity index (χ4v) is 1.88. The van der Waals surface area contributed by atoms with Crippen molar-refractivity contribution in [2.45, 2.75) is 39.5 Å². The summed E-state index contributed by atoms with van der Waals surface area (Å²) in [6.07, 6.45) is 4.06.